The van der Waals surface area contributed by atoms with Crippen LogP contribution in [0.15, 0.2) is 18.2 Å². The third-order valence-corrected chi connectivity index (χ3v) is 4.56. The summed E-state index contributed by atoms with van der Waals surface area (Å²) < 4.78 is 32.0. The second kappa shape index (κ2) is 4.83. The number of rotatable bonds is 2. The van der Waals surface area contributed by atoms with E-state index in [9.17, 15) is 13.6 Å². The van der Waals surface area contributed by atoms with Gasteiger partial charge in [-0.25, -0.2) is 8.78 Å². The van der Waals surface area contributed by atoms with Crippen molar-refractivity contribution in [3.8, 4) is 5.75 Å². The molecule has 0 saturated carbocycles. The first-order chi connectivity index (χ1) is 9.82. The molecule has 1 fully saturated rings. The van der Waals surface area contributed by atoms with E-state index in [0.717, 1.165) is 5.56 Å². The van der Waals surface area contributed by atoms with Crippen molar-refractivity contribution >= 4 is 17.5 Å². The Labute approximate surface area is 126 Å². The number of para-hydroxylation sites is 1. The Hall–Kier alpha value is -1.36. The topological polar surface area (TPSA) is 29.5 Å². The van der Waals surface area contributed by atoms with Crippen LogP contribution in [0.1, 0.15) is 31.9 Å². The van der Waals surface area contributed by atoms with Gasteiger partial charge in [0.1, 0.15) is 17.3 Å². The van der Waals surface area contributed by atoms with Gasteiger partial charge in [-0.2, -0.15) is 0 Å². The van der Waals surface area contributed by atoms with E-state index in [-0.39, 0.29) is 12.1 Å². The Bertz CT molecular complexity index is 591. The number of benzene rings is 1. The molecule has 1 saturated heterocycles. The normalized spacial score (nSPS) is 24.0. The van der Waals surface area contributed by atoms with Crippen LogP contribution >= 0.6 is 11.6 Å². The highest BCUT2D eigenvalue weighted by atomic mass is 35.5. The molecule has 2 aliphatic rings. The predicted molar refractivity (Wildman–Crippen MR) is 74.7 cm³/mol. The fourth-order valence-corrected chi connectivity index (χ4v) is 3.17. The smallest absolute Gasteiger partial charge is 0.252 e. The van der Waals surface area contributed by atoms with Gasteiger partial charge in [-0.05, 0) is 19.9 Å². The molecule has 0 spiro atoms. The fraction of sp³-hybridized carbons (Fsp3) is 0.533. The molecule has 21 heavy (non-hydrogen) atoms. The van der Waals surface area contributed by atoms with E-state index in [0.29, 0.717) is 23.7 Å². The van der Waals surface area contributed by atoms with Gasteiger partial charge in [-0.15, -0.1) is 0 Å². The van der Waals surface area contributed by atoms with Gasteiger partial charge < -0.3 is 9.64 Å². The zero-order valence-electron chi connectivity index (χ0n) is 11.8. The maximum atomic E-state index is 13.1. The molecule has 0 aromatic heterocycles. The molecule has 0 N–H and O–H groups in total. The summed E-state index contributed by atoms with van der Waals surface area (Å²) in [6.45, 7) is 2.88. The number of carbonyl (C=O) groups excluding carboxylic acids is 1. The zero-order chi connectivity index (χ0) is 15.4. The molecule has 1 aromatic carbocycles. The van der Waals surface area contributed by atoms with Gasteiger partial charge in [0.05, 0.1) is 17.6 Å². The van der Waals surface area contributed by atoms with E-state index in [1.165, 1.54) is 18.7 Å². The van der Waals surface area contributed by atoms with Crippen LogP contribution in [-0.2, 0) is 4.79 Å². The molecular weight excluding hydrogens is 300 g/mol. The SMILES string of the molecule is CC(C)(C(=O)N1C[C@@H]2C[C@H]1c1cccc(Cl)c1O2)C(F)F. The molecule has 114 valence electrons. The van der Waals surface area contributed by atoms with E-state index in [4.69, 9.17) is 16.3 Å². The summed E-state index contributed by atoms with van der Waals surface area (Å²) in [6, 6.07) is 5.11. The lowest BCUT2D eigenvalue weighted by Crippen LogP contribution is -2.44. The summed E-state index contributed by atoms with van der Waals surface area (Å²) in [7, 11) is 0. The first-order valence-electron chi connectivity index (χ1n) is 6.86. The Morgan fingerprint density at radius 2 is 2.19 bits per heavy atom. The van der Waals surface area contributed by atoms with Crippen LogP contribution < -0.4 is 4.74 Å². The van der Waals surface area contributed by atoms with Gasteiger partial charge in [-0.1, -0.05) is 23.7 Å². The molecule has 6 heteroatoms. The van der Waals surface area contributed by atoms with E-state index in [1.807, 2.05) is 6.07 Å². The molecule has 2 heterocycles. The first kappa shape index (κ1) is 14.6. The Morgan fingerprint density at radius 3 is 2.86 bits per heavy atom. The second-order valence-corrected chi connectivity index (χ2v) is 6.54. The van der Waals surface area contributed by atoms with Crippen LogP contribution in [0.3, 0.4) is 0 Å². The van der Waals surface area contributed by atoms with Gasteiger partial charge in [0.15, 0.2) is 0 Å². The Morgan fingerprint density at radius 1 is 1.48 bits per heavy atom. The summed E-state index contributed by atoms with van der Waals surface area (Å²) in [6.07, 6.45) is -2.26. The van der Waals surface area contributed by atoms with Crippen LogP contribution in [0, 0.1) is 5.41 Å². The Balaban J connectivity index is 1.96. The molecule has 1 amide bonds. The van der Waals surface area contributed by atoms with Gasteiger partial charge in [-0.3, -0.25) is 4.79 Å². The molecule has 0 aliphatic carbocycles. The van der Waals surface area contributed by atoms with E-state index in [2.05, 4.69) is 0 Å². The number of likely N-dealkylation sites (tertiary alicyclic amines) is 1. The van der Waals surface area contributed by atoms with Gasteiger partial charge in [0, 0.05) is 12.0 Å². The van der Waals surface area contributed by atoms with Crippen molar-refractivity contribution in [2.45, 2.75) is 38.8 Å². The quantitative estimate of drug-likeness (QED) is 0.833. The van der Waals surface area contributed by atoms with Crippen molar-refractivity contribution in [2.75, 3.05) is 6.54 Å². The second-order valence-electron chi connectivity index (χ2n) is 6.13. The number of hydrogen-bond donors (Lipinski definition) is 0. The van der Waals surface area contributed by atoms with Crippen LogP contribution in [0.4, 0.5) is 8.78 Å². The Kier molecular flexibility index (Phi) is 3.35. The number of carbonyl (C=O) groups is 1. The number of halogens is 3. The number of alkyl halides is 2. The summed E-state index contributed by atoms with van der Waals surface area (Å²) in [5, 5.41) is 0.490. The van der Waals surface area contributed by atoms with E-state index < -0.39 is 17.7 Å². The third kappa shape index (κ3) is 2.18. The average molecular weight is 316 g/mol. The predicted octanol–water partition coefficient (Wildman–Crippen LogP) is 3.67. The number of nitrogens with zero attached hydrogens (tertiary/aromatic N) is 1. The third-order valence-electron chi connectivity index (χ3n) is 4.26. The van der Waals surface area contributed by atoms with E-state index in [1.54, 1.807) is 12.1 Å². The van der Waals surface area contributed by atoms with Gasteiger partial charge in [0.25, 0.3) is 6.43 Å². The minimum Gasteiger partial charge on any atom is -0.487 e. The van der Waals surface area contributed by atoms with Crippen LogP contribution in [-0.4, -0.2) is 29.9 Å². The summed E-state index contributed by atoms with van der Waals surface area (Å²) in [5.41, 5.74) is -0.898. The molecule has 2 aliphatic heterocycles. The van der Waals surface area contributed by atoms with Crippen molar-refractivity contribution in [3.05, 3.63) is 28.8 Å². The average Bonchev–Trinajstić information content (AvgIpc) is 2.77. The number of hydrogen-bond acceptors (Lipinski definition) is 2. The maximum absolute atomic E-state index is 13.1. The van der Waals surface area contributed by atoms with Crippen molar-refractivity contribution in [2.24, 2.45) is 5.41 Å². The van der Waals surface area contributed by atoms with Crippen molar-refractivity contribution in [1.29, 1.82) is 0 Å². The van der Waals surface area contributed by atoms with Crippen molar-refractivity contribution < 1.29 is 18.3 Å². The lowest BCUT2D eigenvalue weighted by molar-refractivity contribution is -0.149. The van der Waals surface area contributed by atoms with Gasteiger partial charge in [0.2, 0.25) is 5.91 Å². The van der Waals surface area contributed by atoms with Crippen LogP contribution in [0.5, 0.6) is 5.75 Å². The molecule has 2 bridgehead atoms. The molecule has 3 rings (SSSR count). The highest BCUT2D eigenvalue weighted by Gasteiger charge is 2.49. The highest BCUT2D eigenvalue weighted by Crippen LogP contribution is 2.47. The summed E-state index contributed by atoms with van der Waals surface area (Å²) >= 11 is 6.12. The molecule has 1 aromatic rings. The zero-order valence-corrected chi connectivity index (χ0v) is 12.5. The van der Waals surface area contributed by atoms with Crippen molar-refractivity contribution in [1.82, 2.24) is 4.90 Å². The first-order valence-corrected chi connectivity index (χ1v) is 7.24. The fourth-order valence-electron chi connectivity index (χ4n) is 2.94. The van der Waals surface area contributed by atoms with Gasteiger partial charge >= 0.3 is 0 Å². The standard InChI is InChI=1S/C15H16ClF2NO2/c1-15(2,13(17)18)14(20)19-7-8-6-11(19)9-4-3-5-10(16)12(9)21-8/h3-5,8,11,13H,6-7H2,1-2H3/t8-,11-/m0/s1. The number of amides is 1. The van der Waals surface area contributed by atoms with E-state index >= 15 is 0 Å². The van der Waals surface area contributed by atoms with Crippen molar-refractivity contribution in [3.63, 3.8) is 0 Å². The lowest BCUT2D eigenvalue weighted by atomic mass is 9.91. The molecule has 0 unspecified atom stereocenters. The lowest BCUT2D eigenvalue weighted by Gasteiger charge is -2.32. The molecular formula is C15H16ClF2NO2. The molecule has 2 atom stereocenters. The van der Waals surface area contributed by atoms with Crippen LogP contribution in [0.25, 0.3) is 0 Å². The maximum Gasteiger partial charge on any atom is 0.252 e. The number of fused-ring (bicyclic) bond motifs is 4. The molecule has 0 radical (unpaired) electrons. The largest absolute Gasteiger partial charge is 0.487 e. The number of ether oxygens (including phenoxy) is 1. The minimum atomic E-state index is -2.70. The summed E-state index contributed by atoms with van der Waals surface area (Å²) in [5.74, 6) is 0.0343. The molecule has 3 nitrogen and oxygen atoms in total. The monoisotopic (exact) mass is 315 g/mol. The summed E-state index contributed by atoms with van der Waals surface area (Å²) in [4.78, 5) is 14.0. The van der Waals surface area contributed by atoms with Crippen LogP contribution in [0.2, 0.25) is 5.02 Å². The minimum absolute atomic E-state index is 0.181. The highest BCUT2D eigenvalue weighted by molar-refractivity contribution is 6.32.